The zero-order valence-electron chi connectivity index (χ0n) is 30.6. The molecule has 0 spiro atoms. The average Bonchev–Trinajstić information content (AvgIpc) is 2.99. The molecule has 1 saturated heterocycles. The van der Waals surface area contributed by atoms with E-state index in [-0.39, 0.29) is 11.6 Å². The summed E-state index contributed by atoms with van der Waals surface area (Å²) in [4.78, 5) is 15.4. The van der Waals surface area contributed by atoms with E-state index in [1.54, 1.807) is 13.0 Å². The molecule has 1 unspecified atom stereocenters. The Bertz CT molecular complexity index is 723. The Balaban J connectivity index is -0.000000159. The Hall–Kier alpha value is -1.94. The van der Waals surface area contributed by atoms with E-state index in [0.29, 0.717) is 6.04 Å². The molecule has 0 bridgehead atoms. The van der Waals surface area contributed by atoms with Gasteiger partial charge in [-0.15, -0.1) is 0 Å². The maximum absolute atomic E-state index is 12.9. The van der Waals surface area contributed by atoms with Crippen molar-refractivity contribution >= 4 is 5.78 Å². The molecular formula is C37H73FN2O. The molecule has 0 aromatic carbocycles. The fourth-order valence-corrected chi connectivity index (χ4v) is 3.80. The third-order valence-electron chi connectivity index (χ3n) is 6.38. The molecule has 0 radical (unpaired) electrons. The summed E-state index contributed by atoms with van der Waals surface area (Å²) < 4.78 is 12.9. The van der Waals surface area contributed by atoms with Crippen molar-refractivity contribution in [3.63, 3.8) is 0 Å². The van der Waals surface area contributed by atoms with Crippen LogP contribution in [0.25, 0.3) is 0 Å². The highest BCUT2D eigenvalue weighted by Gasteiger charge is 2.28. The van der Waals surface area contributed by atoms with Gasteiger partial charge in [0.25, 0.3) is 0 Å². The summed E-state index contributed by atoms with van der Waals surface area (Å²) in [7, 11) is 0. The molecule has 1 atom stereocenters. The average molecular weight is 581 g/mol. The smallest absolute Gasteiger partial charge is 0.155 e. The van der Waals surface area contributed by atoms with Crippen molar-refractivity contribution in [2.24, 2.45) is 0 Å². The van der Waals surface area contributed by atoms with Crippen LogP contribution < -0.4 is 0 Å². The molecule has 1 fully saturated rings. The maximum atomic E-state index is 12.9. The van der Waals surface area contributed by atoms with Crippen LogP contribution in [0.15, 0.2) is 59.6 Å². The first kappa shape index (κ1) is 48.8. The number of nitrogens with zero attached hydrogens (tertiary/aromatic N) is 2. The molecule has 1 heterocycles. The molecule has 0 aliphatic carbocycles. The normalized spacial score (nSPS) is 14.8. The Labute approximate surface area is 258 Å². The predicted molar refractivity (Wildman–Crippen MR) is 188 cm³/mol. The number of hydrogen-bond acceptors (Lipinski definition) is 3. The van der Waals surface area contributed by atoms with Crippen LogP contribution in [-0.4, -0.2) is 47.3 Å². The molecule has 1 rings (SSSR count). The minimum absolute atomic E-state index is 0.0810. The lowest BCUT2D eigenvalue weighted by molar-refractivity contribution is -0.113. The van der Waals surface area contributed by atoms with E-state index in [9.17, 15) is 9.18 Å². The van der Waals surface area contributed by atoms with Gasteiger partial charge in [-0.1, -0.05) is 100.0 Å². The van der Waals surface area contributed by atoms with E-state index in [4.69, 9.17) is 0 Å². The van der Waals surface area contributed by atoms with Gasteiger partial charge in [0.1, 0.15) is 5.83 Å². The first-order valence-corrected chi connectivity index (χ1v) is 16.4. The number of carbonyl (C=O) groups is 1. The van der Waals surface area contributed by atoms with Crippen LogP contribution in [0.1, 0.15) is 143 Å². The van der Waals surface area contributed by atoms with Crippen molar-refractivity contribution in [2.45, 2.75) is 155 Å². The lowest BCUT2D eigenvalue weighted by Crippen LogP contribution is -2.54. The van der Waals surface area contributed by atoms with E-state index in [0.717, 1.165) is 48.0 Å². The second-order valence-electron chi connectivity index (χ2n) is 9.69. The van der Waals surface area contributed by atoms with Crippen molar-refractivity contribution < 1.29 is 9.18 Å². The number of halogens is 1. The Morgan fingerprint density at radius 2 is 1.39 bits per heavy atom. The zero-order chi connectivity index (χ0) is 33.6. The molecule has 0 aromatic heterocycles. The van der Waals surface area contributed by atoms with Crippen LogP contribution in [0.2, 0.25) is 0 Å². The second-order valence-corrected chi connectivity index (χ2v) is 9.69. The third kappa shape index (κ3) is 26.7. The van der Waals surface area contributed by atoms with E-state index in [1.165, 1.54) is 32.2 Å². The van der Waals surface area contributed by atoms with Gasteiger partial charge < -0.3 is 4.90 Å². The largest absolute Gasteiger partial charge is 0.369 e. The Kier molecular flexibility index (Phi) is 40.8. The molecule has 0 saturated carbocycles. The van der Waals surface area contributed by atoms with Crippen molar-refractivity contribution in [3.8, 4) is 0 Å². The van der Waals surface area contributed by atoms with Gasteiger partial charge >= 0.3 is 0 Å². The first-order chi connectivity index (χ1) is 19.4. The number of piperazine rings is 1. The molecule has 0 amide bonds. The summed E-state index contributed by atoms with van der Waals surface area (Å²) in [5.74, 6) is 0.0741. The number of rotatable bonds is 10. The molecule has 1 aliphatic rings. The van der Waals surface area contributed by atoms with Gasteiger partial charge in [0.05, 0.1) is 0 Å². The van der Waals surface area contributed by atoms with Gasteiger partial charge in [-0.05, 0) is 91.0 Å². The summed E-state index contributed by atoms with van der Waals surface area (Å²) >= 11 is 0. The van der Waals surface area contributed by atoms with Crippen molar-refractivity contribution in [2.75, 3.05) is 19.6 Å². The van der Waals surface area contributed by atoms with Gasteiger partial charge in [-0.25, -0.2) is 4.39 Å². The lowest BCUT2D eigenvalue weighted by Gasteiger charge is -2.45. The van der Waals surface area contributed by atoms with Gasteiger partial charge in [0.2, 0.25) is 0 Å². The number of ketones is 1. The van der Waals surface area contributed by atoms with Crippen LogP contribution in [0.3, 0.4) is 0 Å². The molecule has 1 aliphatic heterocycles. The Morgan fingerprint density at radius 1 is 0.927 bits per heavy atom. The number of allylic oxidation sites excluding steroid dienone is 7. The fraction of sp³-hybridized carbons (Fsp3) is 0.703. The summed E-state index contributed by atoms with van der Waals surface area (Å²) in [5.41, 5.74) is 3.73. The van der Waals surface area contributed by atoms with E-state index >= 15 is 0 Å². The monoisotopic (exact) mass is 581 g/mol. The highest BCUT2D eigenvalue weighted by molar-refractivity contribution is 5.92. The minimum atomic E-state index is -0.0810. The molecular weight excluding hydrogens is 507 g/mol. The molecule has 0 N–H and O–H groups in total. The number of carbonyl (C=O) groups excluding carboxylic acids is 1. The van der Waals surface area contributed by atoms with Crippen LogP contribution >= 0.6 is 0 Å². The topological polar surface area (TPSA) is 23.6 Å². The molecule has 244 valence electrons. The van der Waals surface area contributed by atoms with E-state index in [2.05, 4.69) is 43.7 Å². The van der Waals surface area contributed by atoms with E-state index < -0.39 is 0 Å². The molecule has 3 nitrogen and oxygen atoms in total. The SMILES string of the molecule is C/C=C(\C)C(C)=O.C=CC(=C)N1CCN(C(CCC)CCC)C(C)C1.CC.CC.CC.CC/C(C)=C(\F)C=C(C)C. The van der Waals surface area contributed by atoms with Crippen LogP contribution in [0.4, 0.5) is 4.39 Å². The van der Waals surface area contributed by atoms with Gasteiger partial charge in [0.15, 0.2) is 5.78 Å². The van der Waals surface area contributed by atoms with Crippen LogP contribution in [0, 0.1) is 0 Å². The number of hydrogen-bond donors (Lipinski definition) is 0. The maximum Gasteiger partial charge on any atom is 0.155 e. The molecule has 0 aromatic rings. The molecule has 41 heavy (non-hydrogen) atoms. The Morgan fingerprint density at radius 3 is 1.66 bits per heavy atom. The predicted octanol–water partition coefficient (Wildman–Crippen LogP) is 11.9. The van der Waals surface area contributed by atoms with Gasteiger partial charge in [-0.3, -0.25) is 9.69 Å². The zero-order valence-corrected chi connectivity index (χ0v) is 30.6. The summed E-state index contributed by atoms with van der Waals surface area (Å²) in [6.45, 7) is 43.0. The van der Waals surface area contributed by atoms with Crippen molar-refractivity contribution in [3.05, 3.63) is 59.6 Å². The first-order valence-electron chi connectivity index (χ1n) is 16.4. The van der Waals surface area contributed by atoms with E-state index in [1.807, 2.05) is 95.2 Å². The third-order valence-corrected chi connectivity index (χ3v) is 6.38. The highest BCUT2D eigenvalue weighted by atomic mass is 19.1. The number of Topliss-reactive ketones (excluding diaryl/α,β-unsaturated/α-hetero) is 1. The fourth-order valence-electron chi connectivity index (χ4n) is 3.80. The molecule has 4 heteroatoms. The van der Waals surface area contributed by atoms with Crippen LogP contribution in [0.5, 0.6) is 0 Å². The minimum Gasteiger partial charge on any atom is -0.369 e. The summed E-state index contributed by atoms with van der Waals surface area (Å²) in [6.07, 6.45) is 11.3. The lowest BCUT2D eigenvalue weighted by atomic mass is 10.0. The second kappa shape index (κ2) is 34.3. The van der Waals surface area contributed by atoms with Crippen molar-refractivity contribution in [1.29, 1.82) is 0 Å². The van der Waals surface area contributed by atoms with Crippen molar-refractivity contribution in [1.82, 2.24) is 9.80 Å². The van der Waals surface area contributed by atoms with Gasteiger partial charge in [-0.2, -0.15) is 0 Å². The quantitative estimate of drug-likeness (QED) is 0.190. The standard InChI is InChI=1S/C16H30N2.C9H15F.C6H10O.3C2H6/c1-6-9-16(10-7-2)18-12-11-17(13-15(18)5)14(4)8-3;1-5-8(4)9(10)6-7(2)3;1-4-5(2)6(3)7;3*1-2/h8,15-16H,3-4,6-7,9-13H2,1-2,5H3;6H,5H2,1-4H3;4H,1-3H3;3*1-2H3/b;9-8-;5-4+;;;. The highest BCUT2D eigenvalue weighted by Crippen LogP contribution is 2.21. The van der Waals surface area contributed by atoms with Gasteiger partial charge in [0, 0.05) is 37.4 Å². The summed E-state index contributed by atoms with van der Waals surface area (Å²) in [5, 5.41) is 0. The van der Waals surface area contributed by atoms with Crippen LogP contribution in [-0.2, 0) is 4.79 Å². The summed E-state index contributed by atoms with van der Waals surface area (Å²) in [6, 6.07) is 1.40.